The largest absolute Gasteiger partial charge is 0.0909 e. The summed E-state index contributed by atoms with van der Waals surface area (Å²) in [6.07, 6.45) is 6.53. The first kappa shape index (κ1) is 10.9. The second-order valence-electron chi connectivity index (χ2n) is 4.95. The highest BCUT2D eigenvalue weighted by Crippen LogP contribution is 2.35. The van der Waals surface area contributed by atoms with E-state index in [1.54, 1.807) is 0 Å². The van der Waals surface area contributed by atoms with Gasteiger partial charge in [-0.3, -0.25) is 0 Å². The van der Waals surface area contributed by atoms with E-state index in [9.17, 15) is 0 Å². The van der Waals surface area contributed by atoms with E-state index in [1.807, 2.05) is 0 Å². The molecule has 0 fully saturated rings. The third kappa shape index (κ3) is 1.76. The maximum atomic E-state index is 4.20. The number of rotatable bonds is 0. The molecule has 0 atom stereocenters. The number of fused-ring (bicyclic) bond motifs is 1. The van der Waals surface area contributed by atoms with Crippen LogP contribution in [0.4, 0.5) is 0 Å². The zero-order valence-electron chi connectivity index (χ0n) is 10.2. The minimum Gasteiger partial charge on any atom is -0.0909 e. The van der Waals surface area contributed by atoms with Crippen molar-refractivity contribution in [1.82, 2.24) is 0 Å². The Labute approximate surface area is 98.0 Å². The van der Waals surface area contributed by atoms with Crippen LogP contribution in [0.1, 0.15) is 31.9 Å². The van der Waals surface area contributed by atoms with Crippen LogP contribution in [0.25, 0.3) is 5.57 Å². The predicted molar refractivity (Wildman–Crippen MR) is 71.4 cm³/mol. The SMILES string of the molecule is C=C1/C(C)=C\C=C/C(C)(C)c2ccccc21. The highest BCUT2D eigenvalue weighted by Gasteiger charge is 2.22. The lowest BCUT2D eigenvalue weighted by molar-refractivity contribution is 0.667. The van der Waals surface area contributed by atoms with Gasteiger partial charge in [0.05, 0.1) is 0 Å². The molecule has 0 nitrogen and oxygen atoms in total. The van der Waals surface area contributed by atoms with E-state index in [0.29, 0.717) is 0 Å². The Bertz CT molecular complexity index is 485. The molecule has 0 saturated carbocycles. The standard InChI is InChI=1S/C16H18/c1-12-8-7-11-16(3,4)15-10-6-5-9-14(15)13(12)2/h5-11H,2H2,1,3-4H3/b11-7-,12-8-. The molecule has 16 heavy (non-hydrogen) atoms. The van der Waals surface area contributed by atoms with E-state index in [4.69, 9.17) is 0 Å². The zero-order valence-corrected chi connectivity index (χ0v) is 10.2. The maximum Gasteiger partial charge on any atom is 0.00845 e. The lowest BCUT2D eigenvalue weighted by Gasteiger charge is -2.26. The summed E-state index contributed by atoms with van der Waals surface area (Å²) in [6.45, 7) is 10.8. The van der Waals surface area contributed by atoms with Crippen LogP contribution in [0.3, 0.4) is 0 Å². The summed E-state index contributed by atoms with van der Waals surface area (Å²) in [5.41, 5.74) is 5.05. The second kappa shape index (κ2) is 3.79. The van der Waals surface area contributed by atoms with Crippen molar-refractivity contribution >= 4 is 5.57 Å². The molecule has 0 heteroatoms. The molecule has 0 radical (unpaired) electrons. The molecule has 1 aliphatic carbocycles. The summed E-state index contributed by atoms with van der Waals surface area (Å²) in [4.78, 5) is 0. The number of hydrogen-bond acceptors (Lipinski definition) is 0. The molecule has 0 bridgehead atoms. The molecular formula is C16H18. The molecule has 0 heterocycles. The second-order valence-corrected chi connectivity index (χ2v) is 4.95. The Morgan fingerprint density at radius 1 is 1.12 bits per heavy atom. The molecule has 0 N–H and O–H groups in total. The summed E-state index contributed by atoms with van der Waals surface area (Å²) >= 11 is 0. The average molecular weight is 210 g/mol. The Morgan fingerprint density at radius 3 is 2.56 bits per heavy atom. The molecule has 1 aromatic rings. The molecular weight excluding hydrogens is 192 g/mol. The quantitative estimate of drug-likeness (QED) is 0.591. The third-order valence-electron chi connectivity index (χ3n) is 3.28. The lowest BCUT2D eigenvalue weighted by atomic mass is 9.78. The van der Waals surface area contributed by atoms with Gasteiger partial charge in [-0.2, -0.15) is 0 Å². The normalized spacial score (nSPS) is 23.7. The van der Waals surface area contributed by atoms with Crippen molar-refractivity contribution < 1.29 is 0 Å². The zero-order chi connectivity index (χ0) is 11.8. The van der Waals surface area contributed by atoms with Crippen LogP contribution in [-0.4, -0.2) is 0 Å². The predicted octanol–water partition coefficient (Wildman–Crippen LogP) is 4.49. The summed E-state index contributed by atoms with van der Waals surface area (Å²) in [6, 6.07) is 8.54. The first-order chi connectivity index (χ1) is 7.52. The number of hydrogen-bond donors (Lipinski definition) is 0. The monoisotopic (exact) mass is 210 g/mol. The Kier molecular flexibility index (Phi) is 2.59. The van der Waals surface area contributed by atoms with Gasteiger partial charge in [-0.1, -0.05) is 62.9 Å². The topological polar surface area (TPSA) is 0 Å². The van der Waals surface area contributed by atoms with Gasteiger partial charge in [0, 0.05) is 5.41 Å². The molecule has 0 aliphatic heterocycles. The van der Waals surface area contributed by atoms with E-state index in [-0.39, 0.29) is 5.41 Å². The van der Waals surface area contributed by atoms with Gasteiger partial charge in [0.25, 0.3) is 0 Å². The molecule has 0 saturated heterocycles. The summed E-state index contributed by atoms with van der Waals surface area (Å²) in [7, 11) is 0. The van der Waals surface area contributed by atoms with Crippen molar-refractivity contribution in [2.45, 2.75) is 26.2 Å². The van der Waals surface area contributed by atoms with Gasteiger partial charge in [-0.15, -0.1) is 0 Å². The van der Waals surface area contributed by atoms with E-state index in [2.05, 4.69) is 69.8 Å². The number of allylic oxidation sites excluding steroid dienone is 5. The van der Waals surface area contributed by atoms with Crippen molar-refractivity contribution in [3.8, 4) is 0 Å². The van der Waals surface area contributed by atoms with Crippen LogP contribution in [0.15, 0.2) is 54.6 Å². The van der Waals surface area contributed by atoms with Gasteiger partial charge in [0.15, 0.2) is 0 Å². The van der Waals surface area contributed by atoms with Crippen LogP contribution < -0.4 is 0 Å². The Morgan fingerprint density at radius 2 is 1.81 bits per heavy atom. The molecule has 82 valence electrons. The van der Waals surface area contributed by atoms with Crippen molar-refractivity contribution in [2.75, 3.05) is 0 Å². The first-order valence-electron chi connectivity index (χ1n) is 5.67. The van der Waals surface area contributed by atoms with Crippen LogP contribution in [0, 0.1) is 0 Å². The highest BCUT2D eigenvalue weighted by atomic mass is 14.3. The van der Waals surface area contributed by atoms with E-state index >= 15 is 0 Å². The molecule has 0 unspecified atom stereocenters. The molecule has 2 rings (SSSR count). The van der Waals surface area contributed by atoms with Crippen molar-refractivity contribution in [3.63, 3.8) is 0 Å². The average Bonchev–Trinajstić information content (AvgIpc) is 2.26. The summed E-state index contributed by atoms with van der Waals surface area (Å²) < 4.78 is 0. The Balaban J connectivity index is 2.72. The smallest absolute Gasteiger partial charge is 0.00845 e. The fourth-order valence-electron chi connectivity index (χ4n) is 2.14. The van der Waals surface area contributed by atoms with Gasteiger partial charge in [0.2, 0.25) is 0 Å². The van der Waals surface area contributed by atoms with Crippen LogP contribution >= 0.6 is 0 Å². The lowest BCUT2D eigenvalue weighted by Crippen LogP contribution is -2.16. The molecule has 0 spiro atoms. The van der Waals surface area contributed by atoms with Crippen LogP contribution in [0.5, 0.6) is 0 Å². The highest BCUT2D eigenvalue weighted by molar-refractivity contribution is 5.80. The van der Waals surface area contributed by atoms with Crippen LogP contribution in [-0.2, 0) is 5.41 Å². The van der Waals surface area contributed by atoms with Gasteiger partial charge < -0.3 is 0 Å². The van der Waals surface area contributed by atoms with Crippen molar-refractivity contribution in [3.05, 3.63) is 65.8 Å². The maximum absolute atomic E-state index is 4.20. The number of benzene rings is 1. The van der Waals surface area contributed by atoms with E-state index in [1.165, 1.54) is 16.7 Å². The summed E-state index contributed by atoms with van der Waals surface area (Å²) in [5.74, 6) is 0. The van der Waals surface area contributed by atoms with Gasteiger partial charge >= 0.3 is 0 Å². The molecule has 0 aromatic heterocycles. The van der Waals surface area contributed by atoms with Gasteiger partial charge in [-0.25, -0.2) is 0 Å². The molecule has 1 aromatic carbocycles. The molecule has 1 aliphatic rings. The van der Waals surface area contributed by atoms with E-state index in [0.717, 1.165) is 5.57 Å². The van der Waals surface area contributed by atoms with Gasteiger partial charge in [0.1, 0.15) is 0 Å². The first-order valence-corrected chi connectivity index (χ1v) is 5.67. The minimum atomic E-state index is 0.0662. The fourth-order valence-corrected chi connectivity index (χ4v) is 2.14. The van der Waals surface area contributed by atoms with Gasteiger partial charge in [-0.05, 0) is 29.2 Å². The summed E-state index contributed by atoms with van der Waals surface area (Å²) in [5, 5.41) is 0. The van der Waals surface area contributed by atoms with Crippen molar-refractivity contribution in [1.29, 1.82) is 0 Å². The molecule has 0 amide bonds. The fraction of sp³-hybridized carbons (Fsp3) is 0.250. The third-order valence-corrected chi connectivity index (χ3v) is 3.28. The Hall–Kier alpha value is -1.56. The van der Waals surface area contributed by atoms with Crippen LogP contribution in [0.2, 0.25) is 0 Å². The minimum absolute atomic E-state index is 0.0662. The van der Waals surface area contributed by atoms with E-state index < -0.39 is 0 Å². The van der Waals surface area contributed by atoms with Crippen molar-refractivity contribution in [2.24, 2.45) is 0 Å².